The van der Waals surface area contributed by atoms with Crippen molar-refractivity contribution in [2.24, 2.45) is 7.05 Å². The third-order valence-electron chi connectivity index (χ3n) is 6.35. The van der Waals surface area contributed by atoms with E-state index in [-0.39, 0.29) is 5.91 Å². The van der Waals surface area contributed by atoms with E-state index >= 15 is 0 Å². The average Bonchev–Trinajstić information content (AvgIpc) is 3.12. The highest BCUT2D eigenvalue weighted by Crippen LogP contribution is 2.31. The number of ether oxygens (including phenoxy) is 1. The number of nitrogens with zero attached hydrogens (tertiary/aromatic N) is 3. The first-order valence-corrected chi connectivity index (χ1v) is 12.1. The van der Waals surface area contributed by atoms with E-state index in [4.69, 9.17) is 4.74 Å². The topological polar surface area (TPSA) is 69.0 Å². The van der Waals surface area contributed by atoms with Gasteiger partial charge in [-0.15, -0.1) is 10.2 Å². The minimum atomic E-state index is 0.0809. The van der Waals surface area contributed by atoms with E-state index in [1.54, 1.807) is 0 Å². The van der Waals surface area contributed by atoms with Crippen molar-refractivity contribution >= 4 is 17.7 Å². The van der Waals surface area contributed by atoms with Gasteiger partial charge in [-0.3, -0.25) is 4.79 Å². The second-order valence-corrected chi connectivity index (χ2v) is 9.41. The van der Waals surface area contributed by atoms with Crippen LogP contribution in [-0.2, 0) is 31.3 Å². The molecule has 0 aliphatic heterocycles. The summed E-state index contributed by atoms with van der Waals surface area (Å²) in [7, 11) is 1.93. The summed E-state index contributed by atoms with van der Waals surface area (Å²) in [6.07, 6.45) is 10.8. The highest BCUT2D eigenvalue weighted by Gasteiger charge is 2.18. The second kappa shape index (κ2) is 9.86. The summed E-state index contributed by atoms with van der Waals surface area (Å²) in [6, 6.07) is 4.64. The van der Waals surface area contributed by atoms with Gasteiger partial charge in [-0.25, -0.2) is 0 Å². The molecule has 2 aromatic rings. The number of carbonyl (C=O) groups is 1. The lowest BCUT2D eigenvalue weighted by Gasteiger charge is -2.22. The van der Waals surface area contributed by atoms with Crippen LogP contribution in [0.1, 0.15) is 67.5 Å². The van der Waals surface area contributed by atoms with E-state index < -0.39 is 0 Å². The van der Waals surface area contributed by atoms with Crippen molar-refractivity contribution in [1.82, 2.24) is 20.1 Å². The number of nitrogens with one attached hydrogen (secondary N) is 1. The van der Waals surface area contributed by atoms with E-state index in [0.717, 1.165) is 36.0 Å². The van der Waals surface area contributed by atoms with Gasteiger partial charge in [0, 0.05) is 13.1 Å². The van der Waals surface area contributed by atoms with E-state index in [2.05, 4.69) is 34.6 Å². The van der Waals surface area contributed by atoms with Gasteiger partial charge in [0.25, 0.3) is 0 Å². The van der Waals surface area contributed by atoms with Crippen LogP contribution in [-0.4, -0.2) is 32.5 Å². The molecule has 0 bridgehead atoms. The predicted octanol–water partition coefficient (Wildman–Crippen LogP) is 4.12. The van der Waals surface area contributed by atoms with Crippen LogP contribution in [0.2, 0.25) is 0 Å². The molecule has 30 heavy (non-hydrogen) atoms. The molecule has 6 nitrogen and oxygen atoms in total. The molecule has 1 amide bonds. The Balaban J connectivity index is 1.31. The van der Waals surface area contributed by atoms with E-state index in [0.29, 0.717) is 18.4 Å². The summed E-state index contributed by atoms with van der Waals surface area (Å²) in [5.41, 5.74) is 4.18. The Morgan fingerprint density at radius 2 is 1.97 bits per heavy atom. The number of carbonyl (C=O) groups excluding carboxylic acids is 1. The molecule has 7 heteroatoms. The Morgan fingerprint density at radius 1 is 1.17 bits per heavy atom. The summed E-state index contributed by atoms with van der Waals surface area (Å²) < 4.78 is 8.02. The number of thioether (sulfide) groups is 1. The van der Waals surface area contributed by atoms with Crippen LogP contribution in [0.5, 0.6) is 5.75 Å². The third-order valence-corrected chi connectivity index (χ3v) is 7.37. The van der Waals surface area contributed by atoms with Crippen molar-refractivity contribution in [3.05, 3.63) is 34.6 Å². The maximum atomic E-state index is 12.3. The number of amides is 1. The average molecular weight is 429 g/mol. The summed E-state index contributed by atoms with van der Waals surface area (Å²) in [5, 5.41) is 12.4. The summed E-state index contributed by atoms with van der Waals surface area (Å²) in [4.78, 5) is 12.3. The zero-order valence-corrected chi connectivity index (χ0v) is 18.9. The summed E-state index contributed by atoms with van der Waals surface area (Å²) in [5.74, 6) is 2.15. The van der Waals surface area contributed by atoms with Crippen LogP contribution in [0.3, 0.4) is 0 Å². The molecule has 1 heterocycles. The molecule has 0 atom stereocenters. The second-order valence-electron chi connectivity index (χ2n) is 8.47. The first-order valence-electron chi connectivity index (χ1n) is 11.2. The SMILES string of the molecule is Cc1c(OCc2nnc(SCC(=O)NC3CCCCC3)n2C)ccc2c1CCCC2. The molecule has 0 spiro atoms. The van der Waals surface area contributed by atoms with Gasteiger partial charge >= 0.3 is 0 Å². The van der Waals surface area contributed by atoms with Gasteiger partial charge in [-0.1, -0.05) is 37.1 Å². The lowest BCUT2D eigenvalue weighted by Crippen LogP contribution is -2.37. The molecule has 1 aromatic carbocycles. The van der Waals surface area contributed by atoms with Crippen LogP contribution < -0.4 is 10.1 Å². The number of aromatic nitrogens is 3. The fraction of sp³-hybridized carbons (Fsp3) is 0.609. The Kier molecular flexibility index (Phi) is 6.97. The molecule has 2 aliphatic rings. The van der Waals surface area contributed by atoms with Crippen molar-refractivity contribution in [2.45, 2.75) is 82.5 Å². The summed E-state index contributed by atoms with van der Waals surface area (Å²) >= 11 is 1.43. The number of aryl methyl sites for hydroxylation is 1. The monoisotopic (exact) mass is 428 g/mol. The maximum absolute atomic E-state index is 12.3. The van der Waals surface area contributed by atoms with Crippen molar-refractivity contribution in [3.63, 3.8) is 0 Å². The van der Waals surface area contributed by atoms with E-state index in [1.807, 2.05) is 11.6 Å². The van der Waals surface area contributed by atoms with Crippen LogP contribution in [0.15, 0.2) is 17.3 Å². The number of hydrogen-bond acceptors (Lipinski definition) is 5. The van der Waals surface area contributed by atoms with Crippen molar-refractivity contribution in [1.29, 1.82) is 0 Å². The normalized spacial score (nSPS) is 16.9. The van der Waals surface area contributed by atoms with E-state index in [9.17, 15) is 4.79 Å². The van der Waals surface area contributed by atoms with Crippen LogP contribution >= 0.6 is 11.8 Å². The molecule has 2 aliphatic carbocycles. The van der Waals surface area contributed by atoms with Crippen molar-refractivity contribution < 1.29 is 9.53 Å². The van der Waals surface area contributed by atoms with Gasteiger partial charge in [0.15, 0.2) is 11.0 Å². The number of hydrogen-bond donors (Lipinski definition) is 1. The first kappa shape index (κ1) is 21.2. The predicted molar refractivity (Wildman–Crippen MR) is 119 cm³/mol. The maximum Gasteiger partial charge on any atom is 0.230 e. The molecule has 0 saturated heterocycles. The lowest BCUT2D eigenvalue weighted by molar-refractivity contribution is -0.119. The van der Waals surface area contributed by atoms with Crippen LogP contribution in [0, 0.1) is 6.92 Å². The minimum absolute atomic E-state index is 0.0809. The largest absolute Gasteiger partial charge is 0.485 e. The van der Waals surface area contributed by atoms with Gasteiger partial charge in [0.1, 0.15) is 12.4 Å². The molecular weight excluding hydrogens is 396 g/mol. The molecule has 162 valence electrons. The highest BCUT2D eigenvalue weighted by atomic mass is 32.2. The Hall–Kier alpha value is -2.02. The van der Waals surface area contributed by atoms with Crippen molar-refractivity contribution in [2.75, 3.05) is 5.75 Å². The Morgan fingerprint density at radius 3 is 2.80 bits per heavy atom. The van der Waals surface area contributed by atoms with Gasteiger partial charge in [-0.2, -0.15) is 0 Å². The molecule has 1 aromatic heterocycles. The van der Waals surface area contributed by atoms with Gasteiger partial charge in [0.05, 0.1) is 5.75 Å². The fourth-order valence-corrected chi connectivity index (χ4v) is 5.27. The molecule has 4 rings (SSSR count). The Labute approximate surface area is 183 Å². The molecule has 1 fully saturated rings. The molecular formula is C23H32N4O2S. The molecule has 1 saturated carbocycles. The first-order chi connectivity index (χ1) is 14.6. The number of rotatable bonds is 7. The molecule has 0 radical (unpaired) electrons. The molecule has 1 N–H and O–H groups in total. The highest BCUT2D eigenvalue weighted by molar-refractivity contribution is 7.99. The van der Waals surface area contributed by atoms with Crippen LogP contribution in [0.4, 0.5) is 0 Å². The van der Waals surface area contributed by atoms with Gasteiger partial charge in [-0.05, 0) is 68.2 Å². The van der Waals surface area contributed by atoms with Crippen molar-refractivity contribution in [3.8, 4) is 5.75 Å². The molecule has 0 unspecified atom stereocenters. The van der Waals surface area contributed by atoms with E-state index in [1.165, 1.54) is 67.0 Å². The quantitative estimate of drug-likeness (QED) is 0.672. The standard InChI is InChI=1S/C23H32N4O2S/c1-16-19-11-7-6-8-17(19)12-13-20(16)29-14-21-25-26-23(27(21)2)30-15-22(28)24-18-9-4-3-5-10-18/h12-13,18H,3-11,14-15H2,1-2H3,(H,24,28). The third kappa shape index (κ3) is 4.99. The lowest BCUT2D eigenvalue weighted by atomic mass is 9.88. The fourth-order valence-electron chi connectivity index (χ4n) is 4.53. The van der Waals surface area contributed by atoms with Crippen LogP contribution in [0.25, 0.3) is 0 Å². The Bertz CT molecular complexity index is 890. The zero-order valence-electron chi connectivity index (χ0n) is 18.1. The minimum Gasteiger partial charge on any atom is -0.485 e. The smallest absolute Gasteiger partial charge is 0.230 e. The van der Waals surface area contributed by atoms with Gasteiger partial charge in [0.2, 0.25) is 5.91 Å². The van der Waals surface area contributed by atoms with Gasteiger partial charge < -0.3 is 14.6 Å². The summed E-state index contributed by atoms with van der Waals surface area (Å²) in [6.45, 7) is 2.53. The zero-order chi connectivity index (χ0) is 20.9. The number of benzene rings is 1. The number of fused-ring (bicyclic) bond motifs is 1.